The first-order valence-corrected chi connectivity index (χ1v) is 9.46. The normalized spacial score (nSPS) is 16.4. The molecule has 1 aromatic heterocycles. The van der Waals surface area contributed by atoms with Gasteiger partial charge >= 0.3 is 0 Å². The molecule has 0 saturated heterocycles. The molecule has 126 valence electrons. The highest BCUT2D eigenvalue weighted by molar-refractivity contribution is 9.10. The number of benzene rings is 1. The molecule has 0 spiro atoms. The molecule has 0 bridgehead atoms. The Balaban J connectivity index is 1.65. The highest BCUT2D eigenvalue weighted by Gasteiger charge is 2.33. The summed E-state index contributed by atoms with van der Waals surface area (Å²) in [4.78, 5) is 8.39. The first-order valence-electron chi connectivity index (χ1n) is 8.26. The molecular formula is C18H21BrN4S. The number of nitrogens with one attached hydrogen (secondary N) is 2. The van der Waals surface area contributed by atoms with Crippen molar-refractivity contribution >= 4 is 39.1 Å². The first-order chi connectivity index (χ1) is 11.7. The van der Waals surface area contributed by atoms with E-state index >= 15 is 0 Å². The van der Waals surface area contributed by atoms with Crippen molar-refractivity contribution in [1.82, 2.24) is 15.3 Å². The van der Waals surface area contributed by atoms with Gasteiger partial charge in [-0.2, -0.15) is 0 Å². The maximum Gasteiger partial charge on any atom is 0.172 e. The smallest absolute Gasteiger partial charge is 0.172 e. The summed E-state index contributed by atoms with van der Waals surface area (Å²) >= 11 is 8.71. The zero-order valence-corrected chi connectivity index (χ0v) is 15.9. The molecule has 0 radical (unpaired) electrons. The van der Waals surface area contributed by atoms with E-state index in [1.54, 1.807) is 12.4 Å². The monoisotopic (exact) mass is 404 g/mol. The fourth-order valence-corrected chi connectivity index (χ4v) is 3.76. The molecular weight excluding hydrogens is 384 g/mol. The second-order valence-corrected chi connectivity index (χ2v) is 7.46. The summed E-state index contributed by atoms with van der Waals surface area (Å²) in [5.74, 6) is 0.646. The van der Waals surface area contributed by atoms with Crippen molar-refractivity contribution in [2.24, 2.45) is 0 Å². The van der Waals surface area contributed by atoms with Gasteiger partial charge in [0.15, 0.2) is 10.9 Å². The molecule has 1 heterocycles. The van der Waals surface area contributed by atoms with Gasteiger partial charge in [0.05, 0.1) is 12.4 Å². The Labute approximate surface area is 156 Å². The minimum Gasteiger partial charge on any atom is -0.362 e. The lowest BCUT2D eigenvalue weighted by atomic mass is 9.69. The topological polar surface area (TPSA) is 49.8 Å². The number of nitrogens with zero attached hydrogens (tertiary/aromatic N) is 2. The SMILES string of the molecule is S=C(NCC1(c2ccccc2)CCCCC1)Nc1cnc(Br)cn1. The molecule has 6 heteroatoms. The van der Waals surface area contributed by atoms with Crippen LogP contribution in [0, 0.1) is 0 Å². The summed E-state index contributed by atoms with van der Waals surface area (Å²) in [5.41, 5.74) is 1.57. The molecule has 1 saturated carbocycles. The van der Waals surface area contributed by atoms with Crippen LogP contribution in [0.1, 0.15) is 37.7 Å². The number of hydrogen-bond acceptors (Lipinski definition) is 3. The van der Waals surface area contributed by atoms with Crippen LogP contribution in [0.4, 0.5) is 5.82 Å². The molecule has 2 N–H and O–H groups in total. The second kappa shape index (κ2) is 8.03. The highest BCUT2D eigenvalue weighted by Crippen LogP contribution is 2.38. The van der Waals surface area contributed by atoms with Crippen molar-refractivity contribution in [2.45, 2.75) is 37.5 Å². The lowest BCUT2D eigenvalue weighted by Gasteiger charge is -2.38. The Morgan fingerprint density at radius 3 is 2.50 bits per heavy atom. The Bertz CT molecular complexity index is 669. The summed E-state index contributed by atoms with van der Waals surface area (Å²) in [6, 6.07) is 10.8. The number of anilines is 1. The van der Waals surface area contributed by atoms with E-state index in [4.69, 9.17) is 12.2 Å². The quantitative estimate of drug-likeness (QED) is 0.738. The molecule has 1 fully saturated rings. The van der Waals surface area contributed by atoms with Gasteiger partial charge in [-0.05, 0) is 46.6 Å². The Morgan fingerprint density at radius 2 is 1.83 bits per heavy atom. The van der Waals surface area contributed by atoms with Crippen LogP contribution in [0.2, 0.25) is 0 Å². The molecule has 1 aliphatic rings. The van der Waals surface area contributed by atoms with Gasteiger partial charge in [-0.3, -0.25) is 0 Å². The van der Waals surface area contributed by atoms with Gasteiger partial charge < -0.3 is 10.6 Å². The van der Waals surface area contributed by atoms with Gasteiger partial charge in [-0.1, -0.05) is 49.6 Å². The first kappa shape index (κ1) is 17.3. The average molecular weight is 405 g/mol. The molecule has 0 amide bonds. The van der Waals surface area contributed by atoms with Gasteiger partial charge in [0.2, 0.25) is 0 Å². The van der Waals surface area contributed by atoms with Gasteiger partial charge in [0, 0.05) is 12.0 Å². The Morgan fingerprint density at radius 1 is 1.08 bits per heavy atom. The van der Waals surface area contributed by atoms with Crippen LogP contribution in [0.25, 0.3) is 0 Å². The summed E-state index contributed by atoms with van der Waals surface area (Å²) in [5, 5.41) is 7.09. The van der Waals surface area contributed by atoms with E-state index < -0.39 is 0 Å². The third kappa shape index (κ3) is 4.30. The molecule has 0 unspecified atom stereocenters. The maximum atomic E-state index is 5.44. The van der Waals surface area contributed by atoms with Gasteiger partial charge in [0.25, 0.3) is 0 Å². The predicted octanol–water partition coefficient (Wildman–Crippen LogP) is 4.43. The van der Waals surface area contributed by atoms with Crippen molar-refractivity contribution in [2.75, 3.05) is 11.9 Å². The predicted molar refractivity (Wildman–Crippen MR) is 105 cm³/mol. The third-order valence-corrected chi connectivity index (χ3v) is 5.30. The number of halogens is 1. The zero-order valence-electron chi connectivity index (χ0n) is 13.5. The van der Waals surface area contributed by atoms with Crippen LogP contribution in [0.5, 0.6) is 0 Å². The largest absolute Gasteiger partial charge is 0.362 e. The molecule has 0 atom stereocenters. The maximum absolute atomic E-state index is 5.44. The molecule has 1 aliphatic carbocycles. The van der Waals surface area contributed by atoms with Gasteiger partial charge in [-0.25, -0.2) is 9.97 Å². The number of thiocarbonyl (C=S) groups is 1. The van der Waals surface area contributed by atoms with Crippen LogP contribution >= 0.6 is 28.1 Å². The van der Waals surface area contributed by atoms with Crippen molar-refractivity contribution in [3.8, 4) is 0 Å². The second-order valence-electron chi connectivity index (χ2n) is 6.24. The van der Waals surface area contributed by atoms with Gasteiger partial charge in [0.1, 0.15) is 4.60 Å². The molecule has 1 aromatic carbocycles. The van der Waals surface area contributed by atoms with E-state index in [9.17, 15) is 0 Å². The number of rotatable bonds is 4. The highest BCUT2D eigenvalue weighted by atomic mass is 79.9. The number of aromatic nitrogens is 2. The van der Waals surface area contributed by atoms with Crippen LogP contribution in [-0.4, -0.2) is 21.6 Å². The van der Waals surface area contributed by atoms with Crippen molar-refractivity contribution in [3.05, 3.63) is 52.9 Å². The molecule has 24 heavy (non-hydrogen) atoms. The standard InChI is InChI=1S/C18H21BrN4S/c19-15-11-21-16(12-20-15)23-17(24)22-13-18(9-5-2-6-10-18)14-7-3-1-4-8-14/h1,3-4,7-8,11-12H,2,5-6,9-10,13H2,(H2,21,22,23,24). The van der Waals surface area contributed by atoms with Crippen molar-refractivity contribution in [3.63, 3.8) is 0 Å². The van der Waals surface area contributed by atoms with Crippen molar-refractivity contribution < 1.29 is 0 Å². The van der Waals surface area contributed by atoms with Crippen molar-refractivity contribution in [1.29, 1.82) is 0 Å². The minimum absolute atomic E-state index is 0.163. The van der Waals surface area contributed by atoms with Gasteiger partial charge in [-0.15, -0.1) is 0 Å². The van der Waals surface area contributed by atoms with Crippen LogP contribution in [-0.2, 0) is 5.41 Å². The van der Waals surface area contributed by atoms with E-state index in [2.05, 4.69) is 66.9 Å². The zero-order chi connectivity index (χ0) is 16.8. The van der Waals surface area contributed by atoms with E-state index in [-0.39, 0.29) is 5.41 Å². The summed E-state index contributed by atoms with van der Waals surface area (Å²) in [6.07, 6.45) is 9.58. The lowest BCUT2D eigenvalue weighted by molar-refractivity contribution is 0.292. The minimum atomic E-state index is 0.163. The molecule has 0 aliphatic heterocycles. The summed E-state index contributed by atoms with van der Waals surface area (Å²) in [7, 11) is 0. The molecule has 2 aromatic rings. The summed E-state index contributed by atoms with van der Waals surface area (Å²) < 4.78 is 0.706. The van der Waals surface area contributed by atoms with Crippen LogP contribution in [0.3, 0.4) is 0 Å². The van der Waals surface area contributed by atoms with Crippen LogP contribution < -0.4 is 10.6 Å². The van der Waals surface area contributed by atoms with E-state index in [1.165, 1.54) is 37.7 Å². The average Bonchev–Trinajstić information content (AvgIpc) is 2.63. The lowest BCUT2D eigenvalue weighted by Crippen LogP contribution is -2.43. The molecule has 3 rings (SSSR count). The van der Waals surface area contributed by atoms with E-state index in [0.29, 0.717) is 15.5 Å². The third-order valence-electron chi connectivity index (χ3n) is 4.65. The Kier molecular flexibility index (Phi) is 5.79. The summed E-state index contributed by atoms with van der Waals surface area (Å²) in [6.45, 7) is 0.840. The molecule has 4 nitrogen and oxygen atoms in total. The number of hydrogen-bond donors (Lipinski definition) is 2. The van der Waals surface area contributed by atoms with E-state index in [0.717, 1.165) is 6.54 Å². The van der Waals surface area contributed by atoms with Crippen LogP contribution in [0.15, 0.2) is 47.3 Å². The van der Waals surface area contributed by atoms with E-state index in [1.807, 2.05) is 0 Å². The fourth-order valence-electron chi connectivity index (χ4n) is 3.37. The Hall–Kier alpha value is -1.53. The fraction of sp³-hybridized carbons (Fsp3) is 0.389.